The number of hydrogen-bond donors (Lipinski definition) is 1. The second kappa shape index (κ2) is 6.24. The van der Waals surface area contributed by atoms with Crippen molar-refractivity contribution < 1.29 is 4.74 Å². The highest BCUT2D eigenvalue weighted by atomic mass is 16.5. The van der Waals surface area contributed by atoms with Crippen LogP contribution < -0.4 is 10.1 Å². The van der Waals surface area contributed by atoms with Crippen molar-refractivity contribution in [1.82, 2.24) is 5.32 Å². The highest BCUT2D eigenvalue weighted by Gasteiger charge is 2.19. The van der Waals surface area contributed by atoms with E-state index in [4.69, 9.17) is 4.74 Å². The summed E-state index contributed by atoms with van der Waals surface area (Å²) in [5.74, 6) is 1.73. The summed E-state index contributed by atoms with van der Waals surface area (Å²) in [6.45, 7) is 5.28. The first kappa shape index (κ1) is 13.4. The first-order valence-electron chi connectivity index (χ1n) is 7.13. The van der Waals surface area contributed by atoms with Gasteiger partial charge in [-0.05, 0) is 61.9 Å². The molecular formula is C16H25NO. The lowest BCUT2D eigenvalue weighted by Gasteiger charge is -2.25. The van der Waals surface area contributed by atoms with E-state index in [0.717, 1.165) is 18.8 Å². The largest absolute Gasteiger partial charge is 0.494 e. The molecule has 2 heteroatoms. The molecule has 0 fully saturated rings. The van der Waals surface area contributed by atoms with Crippen LogP contribution in [0.4, 0.5) is 0 Å². The zero-order chi connectivity index (χ0) is 13.0. The fourth-order valence-electron chi connectivity index (χ4n) is 2.58. The van der Waals surface area contributed by atoms with Gasteiger partial charge >= 0.3 is 0 Å². The van der Waals surface area contributed by atoms with Gasteiger partial charge in [0.1, 0.15) is 5.75 Å². The molecule has 0 heterocycles. The predicted octanol–water partition coefficient (Wildman–Crippen LogP) is 3.71. The van der Waals surface area contributed by atoms with Crippen LogP contribution in [0.3, 0.4) is 0 Å². The number of rotatable bonds is 5. The fourth-order valence-corrected chi connectivity index (χ4v) is 2.58. The molecule has 1 atom stereocenters. The van der Waals surface area contributed by atoms with Crippen LogP contribution in [0.5, 0.6) is 5.75 Å². The molecule has 2 rings (SSSR count). The predicted molar refractivity (Wildman–Crippen MR) is 76.1 cm³/mol. The van der Waals surface area contributed by atoms with Crippen LogP contribution in [0, 0.1) is 5.92 Å². The van der Waals surface area contributed by atoms with Gasteiger partial charge in [-0.2, -0.15) is 0 Å². The molecule has 0 aliphatic heterocycles. The number of nitrogens with one attached hydrogen (secondary N) is 1. The van der Waals surface area contributed by atoms with E-state index in [2.05, 4.69) is 37.4 Å². The Kier molecular flexibility index (Phi) is 4.65. The van der Waals surface area contributed by atoms with E-state index in [9.17, 15) is 0 Å². The van der Waals surface area contributed by atoms with Gasteiger partial charge in [-0.1, -0.05) is 19.9 Å². The minimum atomic E-state index is 0.502. The molecule has 0 saturated heterocycles. The molecule has 100 valence electrons. The van der Waals surface area contributed by atoms with Crippen LogP contribution in [0.2, 0.25) is 0 Å². The van der Waals surface area contributed by atoms with E-state index in [1.54, 1.807) is 0 Å². The Balaban J connectivity index is 2.05. The third-order valence-corrected chi connectivity index (χ3v) is 3.74. The van der Waals surface area contributed by atoms with Crippen LogP contribution >= 0.6 is 0 Å². The van der Waals surface area contributed by atoms with E-state index >= 15 is 0 Å². The molecule has 1 aromatic rings. The van der Waals surface area contributed by atoms with Gasteiger partial charge in [-0.25, -0.2) is 0 Å². The molecule has 2 nitrogen and oxygen atoms in total. The average molecular weight is 247 g/mol. The van der Waals surface area contributed by atoms with Crippen molar-refractivity contribution in [3.8, 4) is 5.75 Å². The highest BCUT2D eigenvalue weighted by Crippen LogP contribution is 2.32. The Morgan fingerprint density at radius 1 is 1.39 bits per heavy atom. The van der Waals surface area contributed by atoms with Crippen LogP contribution in [-0.4, -0.2) is 13.7 Å². The maximum Gasteiger partial charge on any atom is 0.119 e. The molecule has 1 aliphatic rings. The van der Waals surface area contributed by atoms with Crippen LogP contribution in [0.1, 0.15) is 50.3 Å². The third kappa shape index (κ3) is 3.26. The number of hydrogen-bond acceptors (Lipinski definition) is 2. The molecule has 0 aromatic heterocycles. The van der Waals surface area contributed by atoms with Gasteiger partial charge in [-0.15, -0.1) is 0 Å². The summed E-state index contributed by atoms with van der Waals surface area (Å²) in [7, 11) is 2.05. The fraction of sp³-hybridized carbons (Fsp3) is 0.625. The lowest BCUT2D eigenvalue weighted by atomic mass is 9.87. The number of ether oxygens (including phenoxy) is 1. The van der Waals surface area contributed by atoms with Crippen molar-refractivity contribution in [2.75, 3.05) is 13.7 Å². The van der Waals surface area contributed by atoms with Crippen molar-refractivity contribution in [2.24, 2.45) is 5.92 Å². The van der Waals surface area contributed by atoms with Crippen LogP contribution in [0.15, 0.2) is 18.2 Å². The Labute approximate surface area is 111 Å². The number of benzene rings is 1. The zero-order valence-corrected chi connectivity index (χ0v) is 11.8. The molecule has 1 unspecified atom stereocenters. The van der Waals surface area contributed by atoms with Gasteiger partial charge in [0.2, 0.25) is 0 Å². The second-order valence-electron chi connectivity index (χ2n) is 5.63. The second-order valence-corrected chi connectivity index (χ2v) is 5.63. The molecule has 0 bridgehead atoms. The topological polar surface area (TPSA) is 21.3 Å². The van der Waals surface area contributed by atoms with E-state index < -0.39 is 0 Å². The summed E-state index contributed by atoms with van der Waals surface area (Å²) in [5.41, 5.74) is 2.92. The summed E-state index contributed by atoms with van der Waals surface area (Å²) in [4.78, 5) is 0. The van der Waals surface area contributed by atoms with E-state index in [-0.39, 0.29) is 0 Å². The molecule has 0 amide bonds. The summed E-state index contributed by atoms with van der Waals surface area (Å²) < 4.78 is 5.85. The lowest BCUT2D eigenvalue weighted by molar-refractivity contribution is 0.288. The van der Waals surface area contributed by atoms with Gasteiger partial charge in [0.25, 0.3) is 0 Å². The summed E-state index contributed by atoms with van der Waals surface area (Å²) >= 11 is 0. The smallest absolute Gasteiger partial charge is 0.119 e. The maximum absolute atomic E-state index is 5.85. The molecule has 0 saturated carbocycles. The Bertz CT molecular complexity index is 387. The van der Waals surface area contributed by atoms with Crippen molar-refractivity contribution in [3.05, 3.63) is 29.3 Å². The third-order valence-electron chi connectivity index (χ3n) is 3.74. The van der Waals surface area contributed by atoms with Gasteiger partial charge in [0.15, 0.2) is 0 Å². The van der Waals surface area contributed by atoms with Crippen LogP contribution in [0.25, 0.3) is 0 Å². The molecular weight excluding hydrogens is 222 g/mol. The van der Waals surface area contributed by atoms with Gasteiger partial charge in [0, 0.05) is 6.04 Å². The monoisotopic (exact) mass is 247 g/mol. The summed E-state index contributed by atoms with van der Waals surface area (Å²) in [6, 6.07) is 7.10. The highest BCUT2D eigenvalue weighted by molar-refractivity contribution is 5.39. The first-order valence-corrected chi connectivity index (χ1v) is 7.13. The standard InChI is InChI=1S/C16H25NO/c1-12(2)9-10-18-14-8-7-13-5-4-6-16(17-3)15(13)11-14/h7-8,11-12,16-17H,4-6,9-10H2,1-3H3. The summed E-state index contributed by atoms with van der Waals surface area (Å²) in [5, 5.41) is 3.41. The van der Waals surface area contributed by atoms with Gasteiger partial charge in [-0.3, -0.25) is 0 Å². The molecule has 0 spiro atoms. The zero-order valence-electron chi connectivity index (χ0n) is 11.8. The number of aryl methyl sites for hydroxylation is 1. The normalized spacial score (nSPS) is 18.8. The first-order chi connectivity index (χ1) is 8.70. The van der Waals surface area contributed by atoms with Crippen molar-refractivity contribution in [1.29, 1.82) is 0 Å². The quantitative estimate of drug-likeness (QED) is 0.856. The molecule has 1 N–H and O–H groups in total. The van der Waals surface area contributed by atoms with E-state index in [1.807, 2.05) is 7.05 Å². The van der Waals surface area contributed by atoms with Crippen molar-refractivity contribution >= 4 is 0 Å². The minimum Gasteiger partial charge on any atom is -0.494 e. The molecule has 0 radical (unpaired) electrons. The Morgan fingerprint density at radius 2 is 2.22 bits per heavy atom. The Morgan fingerprint density at radius 3 is 2.94 bits per heavy atom. The SMILES string of the molecule is CNC1CCCc2ccc(OCCC(C)C)cc21. The Hall–Kier alpha value is -1.02. The summed E-state index contributed by atoms with van der Waals surface area (Å²) in [6.07, 6.45) is 4.84. The molecule has 18 heavy (non-hydrogen) atoms. The molecule has 1 aromatic carbocycles. The molecule has 1 aliphatic carbocycles. The van der Waals surface area contributed by atoms with Crippen LogP contribution in [-0.2, 0) is 6.42 Å². The van der Waals surface area contributed by atoms with Gasteiger partial charge in [0.05, 0.1) is 6.61 Å². The maximum atomic E-state index is 5.85. The number of fused-ring (bicyclic) bond motifs is 1. The van der Waals surface area contributed by atoms with Gasteiger partial charge < -0.3 is 10.1 Å². The lowest BCUT2D eigenvalue weighted by Crippen LogP contribution is -2.21. The minimum absolute atomic E-state index is 0.502. The van der Waals surface area contributed by atoms with Crippen molar-refractivity contribution in [3.63, 3.8) is 0 Å². The van der Waals surface area contributed by atoms with E-state index in [0.29, 0.717) is 12.0 Å². The van der Waals surface area contributed by atoms with E-state index in [1.165, 1.54) is 30.4 Å². The average Bonchev–Trinajstić information content (AvgIpc) is 2.37. The van der Waals surface area contributed by atoms with Crippen molar-refractivity contribution in [2.45, 2.75) is 45.6 Å².